The lowest BCUT2D eigenvalue weighted by atomic mass is 10.0. The van der Waals surface area contributed by atoms with Crippen molar-refractivity contribution in [3.63, 3.8) is 0 Å². The molecule has 0 bridgehead atoms. The maximum absolute atomic E-state index is 11.3. The highest BCUT2D eigenvalue weighted by molar-refractivity contribution is 5.93. The van der Waals surface area contributed by atoms with E-state index in [4.69, 9.17) is 0 Å². The molecule has 0 spiro atoms. The highest BCUT2D eigenvalue weighted by atomic mass is 16.4. The van der Waals surface area contributed by atoms with E-state index in [1.807, 2.05) is 13.8 Å². The first-order valence-electron chi connectivity index (χ1n) is 6.99. The van der Waals surface area contributed by atoms with Crippen molar-refractivity contribution in [2.75, 3.05) is 18.0 Å². The van der Waals surface area contributed by atoms with Gasteiger partial charge in [0, 0.05) is 18.8 Å². The van der Waals surface area contributed by atoms with Crippen LogP contribution in [0.5, 0.6) is 0 Å². The third-order valence-corrected chi connectivity index (χ3v) is 3.56. The number of aromatic carboxylic acids is 1. The fraction of sp³-hybridized carbons (Fsp3) is 0.600. The fourth-order valence-corrected chi connectivity index (χ4v) is 2.17. The predicted molar refractivity (Wildman–Crippen MR) is 77.9 cm³/mol. The largest absolute Gasteiger partial charge is 0.478 e. The zero-order valence-electron chi connectivity index (χ0n) is 12.3. The Kier molecular flexibility index (Phi) is 5.80. The summed E-state index contributed by atoms with van der Waals surface area (Å²) in [6.07, 6.45) is 2.20. The van der Waals surface area contributed by atoms with Gasteiger partial charge in [-0.1, -0.05) is 26.7 Å². The molecule has 0 amide bonds. The maximum Gasteiger partial charge on any atom is 0.339 e. The monoisotopic (exact) mass is 264 g/mol. The van der Waals surface area contributed by atoms with Crippen molar-refractivity contribution < 1.29 is 9.90 Å². The van der Waals surface area contributed by atoms with Gasteiger partial charge in [0.25, 0.3) is 0 Å². The molecule has 4 heteroatoms. The van der Waals surface area contributed by atoms with Crippen LogP contribution in [0.15, 0.2) is 12.1 Å². The Bertz CT molecular complexity index is 428. The molecule has 4 nitrogen and oxygen atoms in total. The van der Waals surface area contributed by atoms with Crippen molar-refractivity contribution in [2.24, 2.45) is 5.92 Å². The molecule has 0 atom stereocenters. The third-order valence-electron chi connectivity index (χ3n) is 3.56. The summed E-state index contributed by atoms with van der Waals surface area (Å²) in [5, 5.41) is 9.28. The average molecular weight is 264 g/mol. The van der Waals surface area contributed by atoms with E-state index in [1.165, 1.54) is 0 Å². The molecule has 0 saturated heterocycles. The van der Waals surface area contributed by atoms with Gasteiger partial charge in [-0.2, -0.15) is 0 Å². The molecule has 0 aliphatic carbocycles. The van der Waals surface area contributed by atoms with Crippen molar-refractivity contribution >= 4 is 11.8 Å². The summed E-state index contributed by atoms with van der Waals surface area (Å²) >= 11 is 0. The Labute approximate surface area is 115 Å². The van der Waals surface area contributed by atoms with Gasteiger partial charge in [-0.15, -0.1) is 0 Å². The van der Waals surface area contributed by atoms with Crippen LogP contribution in [0.25, 0.3) is 0 Å². The Hall–Kier alpha value is -1.58. The zero-order chi connectivity index (χ0) is 14.4. The van der Waals surface area contributed by atoms with E-state index in [2.05, 4.69) is 23.7 Å². The highest BCUT2D eigenvalue weighted by Crippen LogP contribution is 2.21. The number of carbonyl (C=O) groups is 1. The molecule has 1 aromatic heterocycles. The number of rotatable bonds is 7. The Morgan fingerprint density at radius 2 is 1.95 bits per heavy atom. The van der Waals surface area contributed by atoms with Gasteiger partial charge in [0.1, 0.15) is 11.4 Å². The molecular weight excluding hydrogens is 240 g/mol. The minimum atomic E-state index is -0.912. The number of hydrogen-bond acceptors (Lipinski definition) is 3. The summed E-state index contributed by atoms with van der Waals surface area (Å²) in [7, 11) is 0. The van der Waals surface area contributed by atoms with Crippen LogP contribution in [-0.2, 0) is 0 Å². The van der Waals surface area contributed by atoms with Crippen molar-refractivity contribution in [3.05, 3.63) is 23.4 Å². The molecule has 19 heavy (non-hydrogen) atoms. The molecule has 0 unspecified atom stereocenters. The quantitative estimate of drug-likeness (QED) is 0.820. The molecule has 0 fully saturated rings. The lowest BCUT2D eigenvalue weighted by molar-refractivity contribution is 0.0697. The van der Waals surface area contributed by atoms with Crippen LogP contribution < -0.4 is 4.90 Å². The van der Waals surface area contributed by atoms with E-state index in [0.29, 0.717) is 17.3 Å². The minimum absolute atomic E-state index is 0.290. The van der Waals surface area contributed by atoms with Crippen LogP contribution in [0.4, 0.5) is 5.82 Å². The second-order valence-electron chi connectivity index (χ2n) is 4.85. The second-order valence-corrected chi connectivity index (χ2v) is 4.85. The van der Waals surface area contributed by atoms with Crippen LogP contribution in [-0.4, -0.2) is 29.1 Å². The SMILES string of the molecule is CCC(CC)CN(CC)c1nc(C)ccc1C(=O)O. The third kappa shape index (κ3) is 3.94. The van der Waals surface area contributed by atoms with Crippen LogP contribution in [0, 0.1) is 12.8 Å². The Balaban J connectivity index is 3.09. The van der Waals surface area contributed by atoms with E-state index >= 15 is 0 Å². The number of hydrogen-bond donors (Lipinski definition) is 1. The maximum atomic E-state index is 11.3. The summed E-state index contributed by atoms with van der Waals surface area (Å²) in [6, 6.07) is 3.40. The van der Waals surface area contributed by atoms with Crippen molar-refractivity contribution in [3.8, 4) is 0 Å². The van der Waals surface area contributed by atoms with Crippen molar-refractivity contribution in [2.45, 2.75) is 40.5 Å². The van der Waals surface area contributed by atoms with Gasteiger partial charge < -0.3 is 10.0 Å². The Morgan fingerprint density at radius 1 is 1.32 bits per heavy atom. The van der Waals surface area contributed by atoms with Gasteiger partial charge in [0.15, 0.2) is 0 Å². The number of pyridine rings is 1. The van der Waals surface area contributed by atoms with Gasteiger partial charge >= 0.3 is 5.97 Å². The number of carboxylic acid groups (broad SMARTS) is 1. The summed E-state index contributed by atoms with van der Waals surface area (Å²) < 4.78 is 0. The van der Waals surface area contributed by atoms with Crippen molar-refractivity contribution in [1.82, 2.24) is 4.98 Å². The van der Waals surface area contributed by atoms with E-state index in [9.17, 15) is 9.90 Å². The molecule has 1 N–H and O–H groups in total. The molecule has 1 rings (SSSR count). The lowest BCUT2D eigenvalue weighted by Crippen LogP contribution is -2.31. The van der Waals surface area contributed by atoms with E-state index in [0.717, 1.165) is 31.6 Å². The van der Waals surface area contributed by atoms with Crippen LogP contribution in [0.2, 0.25) is 0 Å². The highest BCUT2D eigenvalue weighted by Gasteiger charge is 2.19. The summed E-state index contributed by atoms with van der Waals surface area (Å²) in [6.45, 7) is 9.90. The molecule has 1 aromatic rings. The molecular formula is C15H24N2O2. The lowest BCUT2D eigenvalue weighted by Gasteiger charge is -2.27. The fourth-order valence-electron chi connectivity index (χ4n) is 2.17. The molecule has 106 valence electrons. The Morgan fingerprint density at radius 3 is 2.42 bits per heavy atom. The van der Waals surface area contributed by atoms with E-state index < -0.39 is 5.97 Å². The van der Waals surface area contributed by atoms with Gasteiger partial charge in [-0.05, 0) is 31.9 Å². The first kappa shape index (κ1) is 15.5. The molecule has 0 aliphatic heterocycles. The molecule has 1 heterocycles. The van der Waals surface area contributed by atoms with E-state index in [-0.39, 0.29) is 0 Å². The smallest absolute Gasteiger partial charge is 0.339 e. The van der Waals surface area contributed by atoms with Gasteiger partial charge in [0.2, 0.25) is 0 Å². The summed E-state index contributed by atoms with van der Waals surface area (Å²) in [5.74, 6) is 0.260. The number of anilines is 1. The van der Waals surface area contributed by atoms with Crippen LogP contribution >= 0.6 is 0 Å². The van der Waals surface area contributed by atoms with Crippen molar-refractivity contribution in [1.29, 1.82) is 0 Å². The first-order chi connectivity index (χ1) is 9.03. The number of aromatic nitrogens is 1. The normalized spacial score (nSPS) is 10.8. The summed E-state index contributed by atoms with van der Waals surface area (Å²) in [5.41, 5.74) is 1.14. The van der Waals surface area contributed by atoms with Crippen LogP contribution in [0.3, 0.4) is 0 Å². The standard InChI is InChI=1S/C15H24N2O2/c1-5-12(6-2)10-17(7-3)14-13(15(18)19)9-8-11(4)16-14/h8-9,12H,5-7,10H2,1-4H3,(H,18,19). The van der Waals surface area contributed by atoms with Gasteiger partial charge in [-0.25, -0.2) is 9.78 Å². The number of aryl methyl sites for hydroxylation is 1. The van der Waals surface area contributed by atoms with E-state index in [1.54, 1.807) is 12.1 Å². The number of carboxylic acids is 1. The number of nitrogens with zero attached hydrogens (tertiary/aromatic N) is 2. The molecule has 0 aliphatic rings. The second kappa shape index (κ2) is 7.12. The van der Waals surface area contributed by atoms with Gasteiger partial charge in [0.05, 0.1) is 0 Å². The summed E-state index contributed by atoms with van der Waals surface area (Å²) in [4.78, 5) is 17.8. The zero-order valence-corrected chi connectivity index (χ0v) is 12.3. The average Bonchev–Trinajstić information content (AvgIpc) is 2.40. The molecule has 0 radical (unpaired) electrons. The van der Waals surface area contributed by atoms with Gasteiger partial charge in [-0.3, -0.25) is 0 Å². The molecule has 0 aromatic carbocycles. The molecule has 0 saturated carbocycles. The van der Waals surface area contributed by atoms with Crippen LogP contribution in [0.1, 0.15) is 49.7 Å². The first-order valence-corrected chi connectivity index (χ1v) is 6.99. The topological polar surface area (TPSA) is 53.4 Å². The minimum Gasteiger partial charge on any atom is -0.478 e. The predicted octanol–water partition coefficient (Wildman–Crippen LogP) is 3.35.